The van der Waals surface area contributed by atoms with Gasteiger partial charge in [-0.3, -0.25) is 4.99 Å². The maximum absolute atomic E-state index is 5.80. The molecule has 16 heavy (non-hydrogen) atoms. The smallest absolute Gasteiger partial charge is 0.191 e. The number of likely N-dealkylation sites (N-methyl/N-ethyl adjacent to an activating group) is 1. The van der Waals surface area contributed by atoms with E-state index in [2.05, 4.69) is 57.0 Å². The number of hydrogen-bond acceptors (Lipinski definition) is 3. The zero-order valence-corrected chi connectivity index (χ0v) is 11.2. The van der Waals surface area contributed by atoms with Gasteiger partial charge >= 0.3 is 0 Å². The Bertz CT molecular complexity index is 413. The summed E-state index contributed by atoms with van der Waals surface area (Å²) in [5.41, 5.74) is 7.12. The van der Waals surface area contributed by atoms with Crippen LogP contribution in [0.2, 0.25) is 0 Å². The summed E-state index contributed by atoms with van der Waals surface area (Å²) in [5, 5.41) is 0. The molecule has 1 unspecified atom stereocenters. The summed E-state index contributed by atoms with van der Waals surface area (Å²) in [4.78, 5) is 6.36. The Morgan fingerprint density at radius 1 is 1.44 bits per heavy atom. The molecule has 1 aromatic carbocycles. The number of aliphatic imine (C=N–C) groups is 1. The zero-order valence-electron chi connectivity index (χ0n) is 9.57. The SMILES string of the molecule is CN1C(N)=NCC1(C)Cc1ccc(Br)cc1. The summed E-state index contributed by atoms with van der Waals surface area (Å²) in [6.07, 6.45) is 0.959. The van der Waals surface area contributed by atoms with E-state index < -0.39 is 0 Å². The Balaban J connectivity index is 2.13. The number of halogens is 1. The van der Waals surface area contributed by atoms with Crippen molar-refractivity contribution in [2.24, 2.45) is 10.7 Å². The van der Waals surface area contributed by atoms with Crippen LogP contribution in [0, 0.1) is 0 Å². The molecule has 1 aromatic rings. The van der Waals surface area contributed by atoms with Gasteiger partial charge in [0.25, 0.3) is 0 Å². The van der Waals surface area contributed by atoms with Crippen LogP contribution in [0.25, 0.3) is 0 Å². The van der Waals surface area contributed by atoms with Crippen LogP contribution in [0.15, 0.2) is 33.7 Å². The Kier molecular flexibility index (Phi) is 2.93. The summed E-state index contributed by atoms with van der Waals surface area (Å²) in [6.45, 7) is 2.96. The quantitative estimate of drug-likeness (QED) is 0.901. The lowest BCUT2D eigenvalue weighted by Crippen LogP contribution is -2.48. The van der Waals surface area contributed by atoms with Gasteiger partial charge in [-0.2, -0.15) is 0 Å². The van der Waals surface area contributed by atoms with Crippen molar-refractivity contribution >= 4 is 21.9 Å². The van der Waals surface area contributed by atoms with Gasteiger partial charge in [0.2, 0.25) is 0 Å². The highest BCUT2D eigenvalue weighted by Crippen LogP contribution is 2.24. The van der Waals surface area contributed by atoms with Gasteiger partial charge < -0.3 is 10.6 Å². The minimum atomic E-state index is 0.0118. The summed E-state index contributed by atoms with van der Waals surface area (Å²) in [7, 11) is 2.00. The predicted octanol–water partition coefficient (Wildman–Crippen LogP) is 2.01. The first-order valence-corrected chi connectivity index (χ1v) is 6.09. The first kappa shape index (κ1) is 11.5. The van der Waals surface area contributed by atoms with Crippen molar-refractivity contribution in [2.45, 2.75) is 18.9 Å². The van der Waals surface area contributed by atoms with Crippen molar-refractivity contribution in [3.63, 3.8) is 0 Å². The molecule has 2 N–H and O–H groups in total. The van der Waals surface area contributed by atoms with Gasteiger partial charge in [-0.1, -0.05) is 28.1 Å². The lowest BCUT2D eigenvalue weighted by molar-refractivity contribution is 0.260. The van der Waals surface area contributed by atoms with E-state index in [4.69, 9.17) is 5.73 Å². The summed E-state index contributed by atoms with van der Waals surface area (Å²) in [5.74, 6) is 0.639. The standard InChI is InChI=1S/C12H16BrN3/c1-12(8-15-11(14)16(12)2)7-9-3-5-10(13)6-4-9/h3-6H,7-8H2,1-2H3,(H2,14,15). The third kappa shape index (κ3) is 2.07. The monoisotopic (exact) mass is 281 g/mol. The number of hydrogen-bond donors (Lipinski definition) is 1. The molecule has 0 aliphatic carbocycles. The Labute approximate surface area is 104 Å². The second-order valence-corrected chi connectivity index (χ2v) is 5.45. The molecule has 1 atom stereocenters. The largest absolute Gasteiger partial charge is 0.370 e. The molecule has 0 saturated heterocycles. The van der Waals surface area contributed by atoms with E-state index in [1.807, 2.05) is 7.05 Å². The molecule has 86 valence electrons. The molecule has 0 spiro atoms. The van der Waals surface area contributed by atoms with Crippen molar-refractivity contribution in [2.75, 3.05) is 13.6 Å². The predicted molar refractivity (Wildman–Crippen MR) is 70.5 cm³/mol. The van der Waals surface area contributed by atoms with Gasteiger partial charge in [-0.25, -0.2) is 0 Å². The minimum absolute atomic E-state index is 0.0118. The molecular weight excluding hydrogens is 266 g/mol. The summed E-state index contributed by atoms with van der Waals surface area (Å²) >= 11 is 3.44. The van der Waals surface area contributed by atoms with Crippen LogP contribution in [0.3, 0.4) is 0 Å². The van der Waals surface area contributed by atoms with Crippen LogP contribution in [0.4, 0.5) is 0 Å². The third-order valence-electron chi connectivity index (χ3n) is 3.23. The second-order valence-electron chi connectivity index (χ2n) is 4.53. The molecule has 0 bridgehead atoms. The molecule has 3 nitrogen and oxygen atoms in total. The highest BCUT2D eigenvalue weighted by atomic mass is 79.9. The fourth-order valence-corrected chi connectivity index (χ4v) is 2.22. The van der Waals surface area contributed by atoms with E-state index in [0.29, 0.717) is 5.96 Å². The molecule has 1 aliphatic rings. The second kappa shape index (κ2) is 4.09. The number of guanidine groups is 1. The first-order chi connectivity index (χ1) is 7.51. The number of nitrogens with zero attached hydrogens (tertiary/aromatic N) is 2. The van der Waals surface area contributed by atoms with E-state index in [9.17, 15) is 0 Å². The summed E-state index contributed by atoms with van der Waals surface area (Å²) in [6, 6.07) is 8.41. The van der Waals surface area contributed by atoms with Crippen molar-refractivity contribution in [1.82, 2.24) is 4.90 Å². The molecule has 0 saturated carbocycles. The van der Waals surface area contributed by atoms with Crippen LogP contribution in [0.1, 0.15) is 12.5 Å². The van der Waals surface area contributed by atoms with Gasteiger partial charge in [-0.15, -0.1) is 0 Å². The molecule has 1 heterocycles. The van der Waals surface area contributed by atoms with Crippen LogP contribution in [-0.2, 0) is 6.42 Å². The molecule has 0 radical (unpaired) electrons. The molecule has 2 rings (SSSR count). The highest BCUT2D eigenvalue weighted by molar-refractivity contribution is 9.10. The Hall–Kier alpha value is -1.03. The van der Waals surface area contributed by atoms with Crippen molar-refractivity contribution in [3.05, 3.63) is 34.3 Å². The Morgan fingerprint density at radius 2 is 2.06 bits per heavy atom. The van der Waals surface area contributed by atoms with Gasteiger partial charge in [0.1, 0.15) is 0 Å². The van der Waals surface area contributed by atoms with Gasteiger partial charge in [0.15, 0.2) is 5.96 Å². The number of nitrogens with two attached hydrogens (primary N) is 1. The number of benzene rings is 1. The third-order valence-corrected chi connectivity index (χ3v) is 3.76. The van der Waals surface area contributed by atoms with Crippen LogP contribution in [0.5, 0.6) is 0 Å². The molecule has 1 aliphatic heterocycles. The Morgan fingerprint density at radius 3 is 2.56 bits per heavy atom. The topological polar surface area (TPSA) is 41.6 Å². The molecular formula is C12H16BrN3. The molecule has 0 aromatic heterocycles. The van der Waals surface area contributed by atoms with Crippen LogP contribution >= 0.6 is 15.9 Å². The maximum Gasteiger partial charge on any atom is 0.191 e. The van der Waals surface area contributed by atoms with Crippen molar-refractivity contribution < 1.29 is 0 Å². The molecule has 0 amide bonds. The highest BCUT2D eigenvalue weighted by Gasteiger charge is 2.35. The van der Waals surface area contributed by atoms with Crippen molar-refractivity contribution in [3.8, 4) is 0 Å². The van der Waals surface area contributed by atoms with E-state index in [1.54, 1.807) is 0 Å². The van der Waals surface area contributed by atoms with E-state index in [-0.39, 0.29) is 5.54 Å². The molecule has 0 fully saturated rings. The van der Waals surface area contributed by atoms with E-state index >= 15 is 0 Å². The lowest BCUT2D eigenvalue weighted by atomic mass is 9.92. The van der Waals surface area contributed by atoms with E-state index in [1.165, 1.54) is 5.56 Å². The average Bonchev–Trinajstić information content (AvgIpc) is 2.51. The lowest BCUT2D eigenvalue weighted by Gasteiger charge is -2.33. The minimum Gasteiger partial charge on any atom is -0.370 e. The van der Waals surface area contributed by atoms with Gasteiger partial charge in [-0.05, 0) is 31.0 Å². The van der Waals surface area contributed by atoms with Gasteiger partial charge in [0, 0.05) is 11.5 Å². The maximum atomic E-state index is 5.80. The van der Waals surface area contributed by atoms with Crippen LogP contribution < -0.4 is 5.73 Å². The van der Waals surface area contributed by atoms with Crippen LogP contribution in [-0.4, -0.2) is 30.0 Å². The average molecular weight is 282 g/mol. The first-order valence-electron chi connectivity index (χ1n) is 5.29. The number of rotatable bonds is 2. The fraction of sp³-hybridized carbons (Fsp3) is 0.417. The zero-order chi connectivity index (χ0) is 11.8. The normalized spacial score (nSPS) is 24.7. The van der Waals surface area contributed by atoms with E-state index in [0.717, 1.165) is 17.4 Å². The van der Waals surface area contributed by atoms with Crippen molar-refractivity contribution in [1.29, 1.82) is 0 Å². The molecule has 4 heteroatoms. The van der Waals surface area contributed by atoms with Gasteiger partial charge in [0.05, 0.1) is 12.1 Å². The fourth-order valence-electron chi connectivity index (χ4n) is 1.96. The summed E-state index contributed by atoms with van der Waals surface area (Å²) < 4.78 is 1.11.